The van der Waals surface area contributed by atoms with Crippen molar-refractivity contribution in [1.82, 2.24) is 0 Å². The minimum Gasteiger partial charge on any atom is -0.462 e. The number of esters is 1. The van der Waals surface area contributed by atoms with Crippen molar-refractivity contribution in [3.8, 4) is 0 Å². The predicted molar refractivity (Wildman–Crippen MR) is 56.1 cm³/mol. The third-order valence-electron chi connectivity index (χ3n) is 1.97. The molecule has 0 radical (unpaired) electrons. The van der Waals surface area contributed by atoms with Gasteiger partial charge in [-0.1, -0.05) is 0 Å². The van der Waals surface area contributed by atoms with Crippen LogP contribution in [0.25, 0.3) is 0 Å². The van der Waals surface area contributed by atoms with Crippen LogP contribution in [0.1, 0.15) is 13.8 Å². The van der Waals surface area contributed by atoms with Crippen molar-refractivity contribution in [2.75, 3.05) is 18.1 Å². The third-order valence-corrected chi connectivity index (χ3v) is 5.66. The zero-order chi connectivity index (χ0) is 11.6. The van der Waals surface area contributed by atoms with Crippen LogP contribution in [0.5, 0.6) is 0 Å². The SMILES string of the molecule is CCOC(=O)C1=C(C)S(=O)CCS1(=O)=O. The van der Waals surface area contributed by atoms with E-state index in [0.717, 1.165) is 0 Å². The van der Waals surface area contributed by atoms with Crippen LogP contribution in [0.4, 0.5) is 0 Å². The van der Waals surface area contributed by atoms with E-state index in [1.54, 1.807) is 6.92 Å². The average molecular weight is 252 g/mol. The van der Waals surface area contributed by atoms with E-state index in [-0.39, 0.29) is 23.0 Å². The molecule has 0 saturated carbocycles. The van der Waals surface area contributed by atoms with E-state index in [1.165, 1.54) is 6.92 Å². The second kappa shape index (κ2) is 4.44. The highest BCUT2D eigenvalue weighted by molar-refractivity contribution is 8.00. The number of hydrogen-bond acceptors (Lipinski definition) is 5. The Kier molecular flexibility index (Phi) is 3.67. The van der Waals surface area contributed by atoms with Crippen LogP contribution >= 0.6 is 0 Å². The van der Waals surface area contributed by atoms with Crippen LogP contribution in [-0.2, 0) is 30.2 Å². The molecule has 15 heavy (non-hydrogen) atoms. The summed E-state index contributed by atoms with van der Waals surface area (Å²) < 4.78 is 39.1. The number of carbonyl (C=O) groups is 1. The van der Waals surface area contributed by atoms with E-state index in [1.807, 2.05) is 0 Å². The molecule has 0 aromatic carbocycles. The van der Waals surface area contributed by atoms with Gasteiger partial charge in [0.2, 0.25) is 0 Å². The molecule has 86 valence electrons. The first-order chi connectivity index (χ1) is 6.90. The third kappa shape index (κ3) is 2.46. The summed E-state index contributed by atoms with van der Waals surface area (Å²) in [6.07, 6.45) is 0. The van der Waals surface area contributed by atoms with Gasteiger partial charge in [0, 0.05) is 10.7 Å². The topological polar surface area (TPSA) is 77.5 Å². The van der Waals surface area contributed by atoms with E-state index >= 15 is 0 Å². The molecule has 0 aliphatic carbocycles. The molecule has 5 nitrogen and oxygen atoms in total. The fourth-order valence-corrected chi connectivity index (χ4v) is 4.92. The normalized spacial score (nSPS) is 25.1. The maximum absolute atomic E-state index is 11.6. The molecule has 0 bridgehead atoms. The fraction of sp³-hybridized carbons (Fsp3) is 0.625. The molecule has 7 heteroatoms. The summed E-state index contributed by atoms with van der Waals surface area (Å²) in [5, 5.41) is 0. The van der Waals surface area contributed by atoms with Crippen molar-refractivity contribution >= 4 is 26.6 Å². The van der Waals surface area contributed by atoms with E-state index in [4.69, 9.17) is 0 Å². The molecule has 0 aromatic rings. The van der Waals surface area contributed by atoms with Gasteiger partial charge < -0.3 is 4.74 Å². The minimum atomic E-state index is -3.62. The van der Waals surface area contributed by atoms with E-state index in [0.29, 0.717) is 0 Å². The summed E-state index contributed by atoms with van der Waals surface area (Å²) in [6, 6.07) is 0. The molecule has 0 spiro atoms. The van der Waals surface area contributed by atoms with Gasteiger partial charge in [-0.15, -0.1) is 0 Å². The van der Waals surface area contributed by atoms with Gasteiger partial charge in [-0.25, -0.2) is 13.2 Å². The first-order valence-electron chi connectivity index (χ1n) is 4.39. The lowest BCUT2D eigenvalue weighted by molar-refractivity contribution is -0.137. The highest BCUT2D eigenvalue weighted by Crippen LogP contribution is 2.23. The number of hydrogen-bond donors (Lipinski definition) is 0. The Morgan fingerprint density at radius 1 is 1.53 bits per heavy atom. The zero-order valence-corrected chi connectivity index (χ0v) is 10.1. The Morgan fingerprint density at radius 2 is 2.13 bits per heavy atom. The molecule has 1 aliphatic rings. The van der Waals surface area contributed by atoms with Gasteiger partial charge in [-0.3, -0.25) is 4.21 Å². The number of carbonyl (C=O) groups excluding carboxylic acids is 1. The number of rotatable bonds is 2. The zero-order valence-electron chi connectivity index (χ0n) is 8.48. The lowest BCUT2D eigenvalue weighted by Gasteiger charge is -2.16. The minimum absolute atomic E-state index is 0.0527. The molecule has 1 rings (SSSR count). The van der Waals surface area contributed by atoms with Crippen molar-refractivity contribution in [1.29, 1.82) is 0 Å². The molecule has 0 aromatic heterocycles. The summed E-state index contributed by atoms with van der Waals surface area (Å²) in [7, 11) is -5.00. The average Bonchev–Trinajstić information content (AvgIpc) is 2.12. The van der Waals surface area contributed by atoms with Gasteiger partial charge in [-0.05, 0) is 13.8 Å². The molecule has 1 aliphatic heterocycles. The van der Waals surface area contributed by atoms with Gasteiger partial charge >= 0.3 is 5.97 Å². The van der Waals surface area contributed by atoms with E-state index in [2.05, 4.69) is 4.74 Å². The lowest BCUT2D eigenvalue weighted by atomic mass is 10.5. The molecule has 1 heterocycles. The Hall–Kier alpha value is -0.690. The monoisotopic (exact) mass is 252 g/mol. The number of ether oxygens (including phenoxy) is 1. The van der Waals surface area contributed by atoms with Crippen LogP contribution in [0.15, 0.2) is 9.81 Å². The molecular formula is C8H12O5S2. The summed E-state index contributed by atoms with van der Waals surface area (Å²) in [6.45, 7) is 3.07. The summed E-state index contributed by atoms with van der Waals surface area (Å²) in [5.41, 5.74) is 0. The van der Waals surface area contributed by atoms with E-state index in [9.17, 15) is 17.4 Å². The summed E-state index contributed by atoms with van der Waals surface area (Å²) >= 11 is 0. The molecule has 0 saturated heterocycles. The van der Waals surface area contributed by atoms with Crippen molar-refractivity contribution in [2.45, 2.75) is 13.8 Å². The largest absolute Gasteiger partial charge is 0.462 e. The molecule has 0 fully saturated rings. The first kappa shape index (κ1) is 12.4. The van der Waals surface area contributed by atoms with E-state index < -0.39 is 31.5 Å². The molecule has 1 unspecified atom stereocenters. The summed E-state index contributed by atoms with van der Waals surface area (Å²) in [5.74, 6) is -1.11. The Balaban J connectivity index is 3.24. The van der Waals surface area contributed by atoms with Gasteiger partial charge in [0.15, 0.2) is 14.7 Å². The van der Waals surface area contributed by atoms with Crippen molar-refractivity contribution in [2.24, 2.45) is 0 Å². The van der Waals surface area contributed by atoms with Crippen LogP contribution in [0, 0.1) is 0 Å². The van der Waals surface area contributed by atoms with Crippen LogP contribution in [0.2, 0.25) is 0 Å². The van der Waals surface area contributed by atoms with Gasteiger partial charge in [-0.2, -0.15) is 0 Å². The smallest absolute Gasteiger partial charge is 0.350 e. The van der Waals surface area contributed by atoms with Gasteiger partial charge in [0.05, 0.1) is 23.2 Å². The fourth-order valence-electron chi connectivity index (χ4n) is 1.23. The Labute approximate surface area is 90.9 Å². The predicted octanol–water partition coefficient (Wildman–Crippen LogP) is -0.0419. The maximum Gasteiger partial charge on any atom is 0.350 e. The van der Waals surface area contributed by atoms with Crippen LogP contribution in [-0.4, -0.2) is 36.7 Å². The van der Waals surface area contributed by atoms with Crippen molar-refractivity contribution in [3.63, 3.8) is 0 Å². The first-order valence-corrected chi connectivity index (χ1v) is 7.36. The lowest BCUT2D eigenvalue weighted by Crippen LogP contribution is -2.28. The van der Waals surface area contributed by atoms with Crippen LogP contribution < -0.4 is 0 Å². The molecule has 1 atom stereocenters. The second-order valence-electron chi connectivity index (χ2n) is 2.97. The Bertz CT molecular complexity index is 432. The van der Waals surface area contributed by atoms with Gasteiger partial charge in [0.1, 0.15) is 0 Å². The summed E-state index contributed by atoms with van der Waals surface area (Å²) in [4.78, 5) is 11.1. The highest BCUT2D eigenvalue weighted by atomic mass is 32.2. The number of allylic oxidation sites excluding steroid dienone is 1. The van der Waals surface area contributed by atoms with Crippen molar-refractivity contribution in [3.05, 3.63) is 9.81 Å². The molecular weight excluding hydrogens is 240 g/mol. The highest BCUT2D eigenvalue weighted by Gasteiger charge is 2.34. The van der Waals surface area contributed by atoms with Gasteiger partial charge in [0.25, 0.3) is 0 Å². The molecule has 0 amide bonds. The van der Waals surface area contributed by atoms with Crippen molar-refractivity contribution < 1.29 is 22.2 Å². The maximum atomic E-state index is 11.6. The molecule has 0 N–H and O–H groups in total. The number of sulfone groups is 1. The Morgan fingerprint density at radius 3 is 2.67 bits per heavy atom. The standard InChI is InChI=1S/C8H12O5S2/c1-3-13-8(9)7-6(2)14(10)4-5-15(7,11)12/h3-5H2,1-2H3. The quantitative estimate of drug-likeness (QED) is 0.644. The second-order valence-corrected chi connectivity index (χ2v) is 6.73. The van der Waals surface area contributed by atoms with Crippen LogP contribution in [0.3, 0.4) is 0 Å².